The smallest absolute Gasteiger partial charge is 0.349 e. The molecule has 1 aromatic heterocycles. The van der Waals surface area contributed by atoms with Crippen molar-refractivity contribution in [1.29, 1.82) is 0 Å². The zero-order valence-electron chi connectivity index (χ0n) is 9.04. The number of para-hydroxylation sites is 2. The SMILES string of the molecule is O=C(O)COc1ccccc1-n1c(=O)[nH][nH]c1=O. The van der Waals surface area contributed by atoms with Crippen LogP contribution in [0.15, 0.2) is 33.9 Å². The molecule has 0 unspecified atom stereocenters. The number of ether oxygens (including phenoxy) is 1. The molecule has 0 fully saturated rings. The van der Waals surface area contributed by atoms with E-state index in [4.69, 9.17) is 9.84 Å². The number of carboxylic acids is 1. The van der Waals surface area contributed by atoms with Crippen molar-refractivity contribution in [2.45, 2.75) is 0 Å². The fourth-order valence-corrected chi connectivity index (χ4v) is 1.43. The summed E-state index contributed by atoms with van der Waals surface area (Å²) < 4.78 is 5.82. The van der Waals surface area contributed by atoms with Crippen molar-refractivity contribution in [1.82, 2.24) is 14.8 Å². The minimum atomic E-state index is -1.15. The molecule has 1 aromatic carbocycles. The molecular weight excluding hydrogens is 242 g/mol. The van der Waals surface area contributed by atoms with Gasteiger partial charge >= 0.3 is 17.3 Å². The Morgan fingerprint density at radius 3 is 2.44 bits per heavy atom. The van der Waals surface area contributed by atoms with Crippen LogP contribution in [0.25, 0.3) is 5.69 Å². The molecule has 0 radical (unpaired) electrons. The molecule has 2 aromatic rings. The zero-order chi connectivity index (χ0) is 13.1. The van der Waals surface area contributed by atoms with Gasteiger partial charge in [-0.2, -0.15) is 0 Å². The first-order valence-corrected chi connectivity index (χ1v) is 4.93. The molecule has 8 nitrogen and oxygen atoms in total. The average Bonchev–Trinajstić information content (AvgIpc) is 2.67. The van der Waals surface area contributed by atoms with Crippen molar-refractivity contribution in [3.05, 3.63) is 45.2 Å². The van der Waals surface area contributed by atoms with Crippen LogP contribution in [0.4, 0.5) is 0 Å². The van der Waals surface area contributed by atoms with Gasteiger partial charge in [-0.15, -0.1) is 0 Å². The van der Waals surface area contributed by atoms with Crippen molar-refractivity contribution >= 4 is 5.97 Å². The number of carbonyl (C=O) groups is 1. The first kappa shape index (κ1) is 11.7. The lowest BCUT2D eigenvalue weighted by atomic mass is 10.3. The number of aromatic nitrogens is 3. The molecule has 0 saturated heterocycles. The van der Waals surface area contributed by atoms with Crippen LogP contribution in [-0.4, -0.2) is 32.4 Å². The third-order valence-corrected chi connectivity index (χ3v) is 2.14. The van der Waals surface area contributed by atoms with Crippen LogP contribution in [0.3, 0.4) is 0 Å². The lowest BCUT2D eigenvalue weighted by Crippen LogP contribution is -2.25. The number of aliphatic carboxylic acids is 1. The van der Waals surface area contributed by atoms with Gasteiger partial charge in [-0.05, 0) is 12.1 Å². The van der Waals surface area contributed by atoms with Crippen LogP contribution in [-0.2, 0) is 4.79 Å². The highest BCUT2D eigenvalue weighted by molar-refractivity contribution is 5.68. The van der Waals surface area contributed by atoms with Gasteiger partial charge in [-0.3, -0.25) is 0 Å². The highest BCUT2D eigenvalue weighted by Crippen LogP contribution is 2.19. The Balaban J connectivity index is 2.48. The van der Waals surface area contributed by atoms with Crippen LogP contribution in [0.2, 0.25) is 0 Å². The number of hydrogen-bond acceptors (Lipinski definition) is 4. The van der Waals surface area contributed by atoms with E-state index in [2.05, 4.69) is 10.2 Å². The van der Waals surface area contributed by atoms with E-state index in [-0.39, 0.29) is 11.4 Å². The minimum Gasteiger partial charge on any atom is -0.480 e. The molecule has 0 aliphatic carbocycles. The third-order valence-electron chi connectivity index (χ3n) is 2.14. The number of benzene rings is 1. The van der Waals surface area contributed by atoms with E-state index in [1.165, 1.54) is 12.1 Å². The van der Waals surface area contributed by atoms with E-state index < -0.39 is 24.0 Å². The van der Waals surface area contributed by atoms with E-state index in [0.717, 1.165) is 4.57 Å². The second kappa shape index (κ2) is 4.62. The maximum Gasteiger partial charge on any atom is 0.349 e. The quantitative estimate of drug-likeness (QED) is 0.665. The highest BCUT2D eigenvalue weighted by Gasteiger charge is 2.12. The summed E-state index contributed by atoms with van der Waals surface area (Å²) >= 11 is 0. The Morgan fingerprint density at radius 1 is 1.22 bits per heavy atom. The topological polar surface area (TPSA) is 117 Å². The predicted octanol–water partition coefficient (Wildman–Crippen LogP) is -0.683. The Hall–Kier alpha value is -2.77. The van der Waals surface area contributed by atoms with Crippen LogP contribution in [0.1, 0.15) is 0 Å². The number of nitrogens with one attached hydrogen (secondary N) is 2. The van der Waals surface area contributed by atoms with Crippen LogP contribution in [0, 0.1) is 0 Å². The van der Waals surface area contributed by atoms with Gasteiger partial charge in [0.25, 0.3) is 0 Å². The summed E-state index contributed by atoms with van der Waals surface area (Å²) in [7, 11) is 0. The Labute approximate surface area is 99.4 Å². The molecule has 2 rings (SSSR count). The first-order valence-electron chi connectivity index (χ1n) is 4.93. The van der Waals surface area contributed by atoms with E-state index in [1.54, 1.807) is 12.1 Å². The molecule has 0 aliphatic rings. The minimum absolute atomic E-state index is 0.132. The Bertz CT molecular complexity index is 654. The molecule has 0 amide bonds. The molecule has 0 saturated carbocycles. The van der Waals surface area contributed by atoms with Gasteiger partial charge in [0.15, 0.2) is 6.61 Å². The van der Waals surface area contributed by atoms with Gasteiger partial charge in [0, 0.05) is 0 Å². The first-order chi connectivity index (χ1) is 8.59. The number of nitrogens with zero attached hydrogens (tertiary/aromatic N) is 1. The van der Waals surface area contributed by atoms with Gasteiger partial charge in [-0.1, -0.05) is 12.1 Å². The monoisotopic (exact) mass is 251 g/mol. The standard InChI is InChI=1S/C10H9N3O5/c14-8(15)5-18-7-4-2-1-3-6(7)13-9(16)11-12-10(13)17/h1-4H,5H2,(H,11,16)(H,12,17)(H,14,15). The maximum absolute atomic E-state index is 11.4. The number of H-pyrrole nitrogens is 2. The Morgan fingerprint density at radius 2 is 1.83 bits per heavy atom. The van der Waals surface area contributed by atoms with Crippen molar-refractivity contribution < 1.29 is 14.6 Å². The van der Waals surface area contributed by atoms with Crippen molar-refractivity contribution in [2.75, 3.05) is 6.61 Å². The van der Waals surface area contributed by atoms with E-state index in [9.17, 15) is 14.4 Å². The van der Waals surface area contributed by atoms with Gasteiger partial charge < -0.3 is 9.84 Å². The largest absolute Gasteiger partial charge is 0.480 e. The molecule has 0 bridgehead atoms. The molecule has 0 aliphatic heterocycles. The highest BCUT2D eigenvalue weighted by atomic mass is 16.5. The van der Waals surface area contributed by atoms with Crippen LogP contribution in [0.5, 0.6) is 5.75 Å². The summed E-state index contributed by atoms with van der Waals surface area (Å²) in [5.74, 6) is -1.02. The van der Waals surface area contributed by atoms with Crippen LogP contribution >= 0.6 is 0 Å². The second-order valence-electron chi connectivity index (χ2n) is 3.35. The normalized spacial score (nSPS) is 10.2. The summed E-state index contributed by atoms with van der Waals surface area (Å²) in [6.45, 7) is -0.561. The summed E-state index contributed by atoms with van der Waals surface area (Å²) in [6, 6.07) is 6.15. The number of carboxylic acid groups (broad SMARTS) is 1. The van der Waals surface area contributed by atoms with Gasteiger partial charge in [0.2, 0.25) is 0 Å². The lowest BCUT2D eigenvalue weighted by Gasteiger charge is -2.08. The lowest BCUT2D eigenvalue weighted by molar-refractivity contribution is -0.139. The number of rotatable bonds is 4. The third kappa shape index (κ3) is 2.17. The fourth-order valence-electron chi connectivity index (χ4n) is 1.43. The Kier molecular flexibility index (Phi) is 3.00. The molecule has 8 heteroatoms. The van der Waals surface area contributed by atoms with Crippen molar-refractivity contribution in [2.24, 2.45) is 0 Å². The molecule has 1 heterocycles. The molecular formula is C10H9N3O5. The number of aromatic amines is 2. The molecule has 3 N–H and O–H groups in total. The van der Waals surface area contributed by atoms with Gasteiger partial charge in [0.05, 0.1) is 5.69 Å². The maximum atomic E-state index is 11.4. The van der Waals surface area contributed by atoms with Crippen LogP contribution < -0.4 is 16.1 Å². The molecule has 18 heavy (non-hydrogen) atoms. The molecule has 0 spiro atoms. The van der Waals surface area contributed by atoms with Crippen molar-refractivity contribution in [3.63, 3.8) is 0 Å². The summed E-state index contributed by atoms with van der Waals surface area (Å²) in [5.41, 5.74) is -1.15. The van der Waals surface area contributed by atoms with E-state index >= 15 is 0 Å². The number of hydrogen-bond donors (Lipinski definition) is 3. The zero-order valence-corrected chi connectivity index (χ0v) is 9.04. The molecule has 94 valence electrons. The van der Waals surface area contributed by atoms with Crippen molar-refractivity contribution in [3.8, 4) is 11.4 Å². The fraction of sp³-hybridized carbons (Fsp3) is 0.100. The summed E-state index contributed by atoms with van der Waals surface area (Å²) in [4.78, 5) is 33.3. The van der Waals surface area contributed by atoms with E-state index in [1.807, 2.05) is 0 Å². The molecule has 0 atom stereocenters. The van der Waals surface area contributed by atoms with Gasteiger partial charge in [-0.25, -0.2) is 29.1 Å². The summed E-state index contributed by atoms with van der Waals surface area (Å²) in [5, 5.41) is 12.8. The second-order valence-corrected chi connectivity index (χ2v) is 3.35. The average molecular weight is 251 g/mol. The van der Waals surface area contributed by atoms with E-state index in [0.29, 0.717) is 0 Å². The summed E-state index contributed by atoms with van der Waals surface area (Å²) in [6.07, 6.45) is 0. The predicted molar refractivity (Wildman–Crippen MR) is 60.1 cm³/mol. The van der Waals surface area contributed by atoms with Gasteiger partial charge in [0.1, 0.15) is 5.75 Å².